The van der Waals surface area contributed by atoms with Crippen LogP contribution in [0.5, 0.6) is 0 Å². The van der Waals surface area contributed by atoms with Gasteiger partial charge in [-0.3, -0.25) is 0 Å². The van der Waals surface area contributed by atoms with Crippen LogP contribution in [0, 0.1) is 0 Å². The van der Waals surface area contributed by atoms with Gasteiger partial charge in [-0.15, -0.1) is 0 Å². The lowest BCUT2D eigenvalue weighted by Crippen LogP contribution is -2.33. The molecule has 10 heavy (non-hydrogen) atoms. The molecule has 1 saturated heterocycles. The summed E-state index contributed by atoms with van der Waals surface area (Å²) in [6.07, 6.45) is -2.81. The highest BCUT2D eigenvalue weighted by atomic mass is 16.5. The zero-order valence-electron chi connectivity index (χ0n) is 5.77. The third-order valence-electron chi connectivity index (χ3n) is 1.78. The molecule has 0 spiro atoms. The summed E-state index contributed by atoms with van der Waals surface area (Å²) in [5.41, 5.74) is 0. The molecule has 0 aromatic carbocycles. The van der Waals surface area contributed by atoms with E-state index in [-0.39, 0.29) is 12.7 Å². The summed E-state index contributed by atoms with van der Waals surface area (Å²) in [7, 11) is 0. The Balaban J connectivity index is 2.53. The molecule has 0 aliphatic carbocycles. The van der Waals surface area contributed by atoms with E-state index in [1.807, 2.05) is 0 Å². The molecule has 0 aromatic heterocycles. The topological polar surface area (TPSA) is 69.9 Å². The molecule has 1 unspecified atom stereocenters. The largest absolute Gasteiger partial charge is 0.394 e. The standard InChI is InChI=1S/C6H12O4/c1-3-5(8)6(9)4(2-7)10-3/h3-9H,2H2,1H3/t3-,4-,5?,6-/m0/s1. The van der Waals surface area contributed by atoms with Crippen LogP contribution in [-0.2, 0) is 4.74 Å². The summed E-state index contributed by atoms with van der Waals surface area (Å²) in [5, 5.41) is 26.8. The van der Waals surface area contributed by atoms with E-state index in [4.69, 9.17) is 20.1 Å². The van der Waals surface area contributed by atoms with Crippen LogP contribution in [0.1, 0.15) is 6.92 Å². The van der Waals surface area contributed by atoms with Gasteiger partial charge in [-0.05, 0) is 6.92 Å². The highest BCUT2D eigenvalue weighted by Gasteiger charge is 2.39. The third-order valence-corrected chi connectivity index (χ3v) is 1.78. The Morgan fingerprint density at radius 2 is 1.90 bits per heavy atom. The predicted molar refractivity (Wildman–Crippen MR) is 33.4 cm³/mol. The molecule has 1 aliphatic heterocycles. The molecule has 0 aromatic rings. The van der Waals surface area contributed by atoms with Crippen LogP contribution in [0.25, 0.3) is 0 Å². The first-order valence-electron chi connectivity index (χ1n) is 3.29. The van der Waals surface area contributed by atoms with Gasteiger partial charge in [0.05, 0.1) is 12.7 Å². The van der Waals surface area contributed by atoms with E-state index < -0.39 is 18.3 Å². The van der Waals surface area contributed by atoms with Crippen molar-refractivity contribution >= 4 is 0 Å². The van der Waals surface area contributed by atoms with Crippen LogP contribution in [0.4, 0.5) is 0 Å². The summed E-state index contributed by atoms with van der Waals surface area (Å²) >= 11 is 0. The molecule has 4 nitrogen and oxygen atoms in total. The minimum absolute atomic E-state index is 0.247. The Kier molecular flexibility index (Phi) is 2.25. The van der Waals surface area contributed by atoms with Gasteiger partial charge in [0.2, 0.25) is 0 Å². The van der Waals surface area contributed by atoms with Gasteiger partial charge in [0, 0.05) is 0 Å². The van der Waals surface area contributed by atoms with Crippen LogP contribution in [0.3, 0.4) is 0 Å². The minimum atomic E-state index is -0.944. The maximum absolute atomic E-state index is 9.09. The summed E-state index contributed by atoms with van der Waals surface area (Å²) in [6, 6.07) is 0. The van der Waals surface area contributed by atoms with Gasteiger partial charge in [0.15, 0.2) is 0 Å². The van der Waals surface area contributed by atoms with Gasteiger partial charge in [0.1, 0.15) is 18.3 Å². The smallest absolute Gasteiger partial charge is 0.111 e. The van der Waals surface area contributed by atoms with Crippen LogP contribution in [0.15, 0.2) is 0 Å². The Bertz CT molecular complexity index is 116. The lowest BCUT2D eigenvalue weighted by atomic mass is 10.1. The molecule has 1 aliphatic rings. The second-order valence-corrected chi connectivity index (χ2v) is 2.54. The molecule has 4 heteroatoms. The van der Waals surface area contributed by atoms with E-state index in [0.29, 0.717) is 0 Å². The fourth-order valence-corrected chi connectivity index (χ4v) is 1.09. The van der Waals surface area contributed by atoms with Crippen LogP contribution < -0.4 is 0 Å². The number of rotatable bonds is 1. The van der Waals surface area contributed by atoms with Gasteiger partial charge >= 0.3 is 0 Å². The molecule has 1 rings (SSSR count). The SMILES string of the molecule is C[C@@H]1O[C@@H](CO)[C@H](O)C1O. The van der Waals surface area contributed by atoms with Crippen molar-refractivity contribution in [1.29, 1.82) is 0 Å². The van der Waals surface area contributed by atoms with Crippen molar-refractivity contribution in [3.8, 4) is 0 Å². The molecule has 0 saturated carbocycles. The molecule has 60 valence electrons. The van der Waals surface area contributed by atoms with E-state index in [1.54, 1.807) is 6.92 Å². The lowest BCUT2D eigenvalue weighted by Gasteiger charge is -2.10. The molecular weight excluding hydrogens is 136 g/mol. The average molecular weight is 148 g/mol. The number of aliphatic hydroxyl groups is 3. The number of aliphatic hydroxyl groups excluding tert-OH is 3. The second-order valence-electron chi connectivity index (χ2n) is 2.54. The van der Waals surface area contributed by atoms with Crippen molar-refractivity contribution in [2.45, 2.75) is 31.3 Å². The molecule has 3 N–H and O–H groups in total. The zero-order chi connectivity index (χ0) is 7.72. The van der Waals surface area contributed by atoms with Crippen molar-refractivity contribution < 1.29 is 20.1 Å². The Morgan fingerprint density at radius 1 is 1.30 bits per heavy atom. The van der Waals surface area contributed by atoms with E-state index >= 15 is 0 Å². The van der Waals surface area contributed by atoms with E-state index in [0.717, 1.165) is 0 Å². The van der Waals surface area contributed by atoms with Gasteiger partial charge in [-0.25, -0.2) is 0 Å². The number of hydrogen-bond acceptors (Lipinski definition) is 4. The Labute approximate surface area is 59.1 Å². The highest BCUT2D eigenvalue weighted by molar-refractivity contribution is 4.87. The first kappa shape index (κ1) is 7.94. The monoisotopic (exact) mass is 148 g/mol. The quantitative estimate of drug-likeness (QED) is 0.422. The fourth-order valence-electron chi connectivity index (χ4n) is 1.09. The van der Waals surface area contributed by atoms with Crippen molar-refractivity contribution in [3.63, 3.8) is 0 Å². The van der Waals surface area contributed by atoms with Crippen molar-refractivity contribution in [3.05, 3.63) is 0 Å². The summed E-state index contributed by atoms with van der Waals surface area (Å²) in [6.45, 7) is 1.41. The average Bonchev–Trinajstić information content (AvgIpc) is 2.17. The van der Waals surface area contributed by atoms with E-state index in [9.17, 15) is 0 Å². The Morgan fingerprint density at radius 3 is 2.10 bits per heavy atom. The summed E-state index contributed by atoms with van der Waals surface area (Å²) in [5.74, 6) is 0. The molecule has 1 heterocycles. The first-order chi connectivity index (χ1) is 4.66. The normalized spacial score (nSPS) is 48.0. The molecular formula is C6H12O4. The minimum Gasteiger partial charge on any atom is -0.394 e. The lowest BCUT2D eigenvalue weighted by molar-refractivity contribution is -0.0171. The van der Waals surface area contributed by atoms with Crippen molar-refractivity contribution in [2.24, 2.45) is 0 Å². The second kappa shape index (κ2) is 2.84. The van der Waals surface area contributed by atoms with Gasteiger partial charge in [-0.1, -0.05) is 0 Å². The Hall–Kier alpha value is -0.160. The van der Waals surface area contributed by atoms with Gasteiger partial charge in [0.25, 0.3) is 0 Å². The first-order valence-corrected chi connectivity index (χ1v) is 3.29. The number of ether oxygens (including phenoxy) is 1. The van der Waals surface area contributed by atoms with E-state index in [2.05, 4.69) is 0 Å². The maximum atomic E-state index is 9.09. The molecule has 4 atom stereocenters. The zero-order valence-corrected chi connectivity index (χ0v) is 5.77. The number of hydrogen-bond donors (Lipinski definition) is 3. The molecule has 1 fully saturated rings. The van der Waals surface area contributed by atoms with Crippen LogP contribution >= 0.6 is 0 Å². The molecule has 0 amide bonds. The maximum Gasteiger partial charge on any atom is 0.111 e. The third kappa shape index (κ3) is 1.15. The van der Waals surface area contributed by atoms with Crippen LogP contribution in [-0.4, -0.2) is 46.3 Å². The van der Waals surface area contributed by atoms with Crippen molar-refractivity contribution in [2.75, 3.05) is 6.61 Å². The van der Waals surface area contributed by atoms with E-state index in [1.165, 1.54) is 0 Å². The van der Waals surface area contributed by atoms with Gasteiger partial charge in [-0.2, -0.15) is 0 Å². The molecule has 0 bridgehead atoms. The summed E-state index contributed by atoms with van der Waals surface area (Å²) in [4.78, 5) is 0. The van der Waals surface area contributed by atoms with Crippen LogP contribution in [0.2, 0.25) is 0 Å². The fraction of sp³-hybridized carbons (Fsp3) is 1.00. The predicted octanol–water partition coefficient (Wildman–Crippen LogP) is -1.51. The summed E-state index contributed by atoms with van der Waals surface area (Å²) < 4.78 is 4.98. The van der Waals surface area contributed by atoms with Gasteiger partial charge < -0.3 is 20.1 Å². The highest BCUT2D eigenvalue weighted by Crippen LogP contribution is 2.19. The molecule has 0 radical (unpaired) electrons. The van der Waals surface area contributed by atoms with Crippen molar-refractivity contribution in [1.82, 2.24) is 0 Å².